The fraction of sp³-hybridized carbons (Fsp3) is 0.0870. The molecule has 0 fully saturated rings. The molecule has 9 rings (SSSR count). The van der Waals surface area contributed by atoms with Crippen LogP contribution in [0, 0.1) is 0 Å². The van der Waals surface area contributed by atoms with Gasteiger partial charge in [-0.05, 0) is 70.6 Å². The zero-order valence-electron chi connectivity index (χ0n) is 28.4. The van der Waals surface area contributed by atoms with E-state index >= 15 is 0 Å². The third-order valence-corrected chi connectivity index (χ3v) is 9.79. The lowest BCUT2D eigenvalue weighted by atomic mass is 9.88. The van der Waals surface area contributed by atoms with Gasteiger partial charge >= 0.3 is 0 Å². The molecule has 0 bridgehead atoms. The lowest BCUT2D eigenvalue weighted by molar-refractivity contribution is 0.588. The molecule has 4 heteroatoms. The Balaban J connectivity index is 1.40. The first-order valence-electron chi connectivity index (χ1n) is 17.2. The standard InChI is InChI=1S/C46H36N4/c1-46(2,3)34-25-27-48-43(29-34)50-42-30-35(22-24-38(42)44(31-14-6-4-7-15-31)45(50)32-16-8-5-9-17-32)49-40-20-11-10-18-36(40)37-23-21-33(28-41(37)49)39-19-12-13-26-47-39/h4-30H,1-3H3. The Kier molecular flexibility index (Phi) is 6.99. The minimum Gasteiger partial charge on any atom is -0.309 e. The molecule has 0 unspecified atom stereocenters. The van der Waals surface area contributed by atoms with Crippen LogP contribution in [0.1, 0.15) is 26.3 Å². The summed E-state index contributed by atoms with van der Waals surface area (Å²) in [6.07, 6.45) is 3.81. The molecule has 0 N–H and O–H groups in total. The van der Waals surface area contributed by atoms with Crippen molar-refractivity contribution in [2.45, 2.75) is 26.2 Å². The minimum absolute atomic E-state index is 0.0325. The maximum atomic E-state index is 5.05. The van der Waals surface area contributed by atoms with Gasteiger partial charge in [-0.3, -0.25) is 9.55 Å². The highest BCUT2D eigenvalue weighted by Crippen LogP contribution is 2.44. The van der Waals surface area contributed by atoms with Gasteiger partial charge in [0.05, 0.1) is 27.9 Å². The van der Waals surface area contributed by atoms with Crippen LogP contribution < -0.4 is 0 Å². The molecule has 0 aliphatic carbocycles. The van der Waals surface area contributed by atoms with E-state index < -0.39 is 0 Å². The normalized spacial score (nSPS) is 11.9. The van der Waals surface area contributed by atoms with Crippen LogP contribution in [0.4, 0.5) is 0 Å². The van der Waals surface area contributed by atoms with Crippen LogP contribution >= 0.6 is 0 Å². The van der Waals surface area contributed by atoms with Gasteiger partial charge in [-0.15, -0.1) is 0 Å². The van der Waals surface area contributed by atoms with Gasteiger partial charge in [-0.1, -0.05) is 124 Å². The van der Waals surface area contributed by atoms with Crippen molar-refractivity contribution in [3.8, 4) is 45.1 Å². The van der Waals surface area contributed by atoms with E-state index in [0.717, 1.165) is 50.6 Å². The highest BCUT2D eigenvalue weighted by Gasteiger charge is 2.24. The minimum atomic E-state index is -0.0325. The smallest absolute Gasteiger partial charge is 0.137 e. The van der Waals surface area contributed by atoms with Crippen molar-refractivity contribution in [1.29, 1.82) is 0 Å². The van der Waals surface area contributed by atoms with Gasteiger partial charge in [-0.2, -0.15) is 0 Å². The van der Waals surface area contributed by atoms with Crippen LogP contribution in [0.3, 0.4) is 0 Å². The third-order valence-electron chi connectivity index (χ3n) is 9.79. The first-order valence-corrected chi connectivity index (χ1v) is 17.2. The topological polar surface area (TPSA) is 35.6 Å². The van der Waals surface area contributed by atoms with E-state index in [2.05, 4.69) is 174 Å². The van der Waals surface area contributed by atoms with Crippen molar-refractivity contribution in [2.24, 2.45) is 0 Å². The van der Waals surface area contributed by atoms with E-state index in [1.165, 1.54) is 32.8 Å². The molecule has 0 spiro atoms. The summed E-state index contributed by atoms with van der Waals surface area (Å²) in [5.41, 5.74) is 12.4. The number of benzene rings is 5. The summed E-state index contributed by atoms with van der Waals surface area (Å²) >= 11 is 0. The maximum Gasteiger partial charge on any atom is 0.137 e. The number of rotatable bonds is 5. The van der Waals surface area contributed by atoms with E-state index in [9.17, 15) is 0 Å². The zero-order valence-corrected chi connectivity index (χ0v) is 28.4. The summed E-state index contributed by atoms with van der Waals surface area (Å²) in [6, 6.07) is 54.3. The van der Waals surface area contributed by atoms with Crippen LogP contribution in [0.15, 0.2) is 164 Å². The number of fused-ring (bicyclic) bond motifs is 4. The molecule has 0 saturated carbocycles. The van der Waals surface area contributed by atoms with Crippen molar-refractivity contribution in [3.05, 3.63) is 170 Å². The summed E-state index contributed by atoms with van der Waals surface area (Å²) in [5.74, 6) is 0.903. The molecule has 0 saturated heterocycles. The molecular weight excluding hydrogens is 609 g/mol. The monoisotopic (exact) mass is 644 g/mol. The number of hydrogen-bond acceptors (Lipinski definition) is 2. The van der Waals surface area contributed by atoms with E-state index in [1.807, 2.05) is 24.5 Å². The molecule has 4 heterocycles. The van der Waals surface area contributed by atoms with E-state index in [4.69, 9.17) is 4.98 Å². The van der Waals surface area contributed by atoms with E-state index in [1.54, 1.807) is 0 Å². The lowest BCUT2D eigenvalue weighted by Gasteiger charge is -2.20. The Labute approximate surface area is 291 Å². The summed E-state index contributed by atoms with van der Waals surface area (Å²) in [5, 5.41) is 3.61. The maximum absolute atomic E-state index is 5.05. The average molecular weight is 645 g/mol. The molecule has 0 amide bonds. The van der Waals surface area contributed by atoms with Gasteiger partial charge in [0.2, 0.25) is 0 Å². The van der Waals surface area contributed by atoms with Crippen LogP contribution in [-0.2, 0) is 5.41 Å². The number of para-hydroxylation sites is 1. The Bertz CT molecular complexity index is 2660. The van der Waals surface area contributed by atoms with Crippen LogP contribution in [0.5, 0.6) is 0 Å². The fourth-order valence-corrected chi connectivity index (χ4v) is 7.37. The largest absolute Gasteiger partial charge is 0.309 e. The number of pyridine rings is 2. The Morgan fingerprint density at radius 3 is 1.90 bits per heavy atom. The van der Waals surface area contributed by atoms with Gasteiger partial charge < -0.3 is 4.57 Å². The lowest BCUT2D eigenvalue weighted by Crippen LogP contribution is -2.12. The summed E-state index contributed by atoms with van der Waals surface area (Å²) in [7, 11) is 0. The highest BCUT2D eigenvalue weighted by molar-refractivity contribution is 6.11. The molecule has 4 aromatic heterocycles. The van der Waals surface area contributed by atoms with Crippen molar-refractivity contribution in [3.63, 3.8) is 0 Å². The van der Waals surface area contributed by atoms with Crippen LogP contribution in [0.25, 0.3) is 77.9 Å². The Morgan fingerprint density at radius 1 is 0.460 bits per heavy atom. The van der Waals surface area contributed by atoms with Crippen molar-refractivity contribution < 1.29 is 0 Å². The second kappa shape index (κ2) is 11.7. The third kappa shape index (κ3) is 4.91. The first kappa shape index (κ1) is 29.8. The highest BCUT2D eigenvalue weighted by atomic mass is 15.1. The quantitative estimate of drug-likeness (QED) is 0.187. The number of hydrogen-bond donors (Lipinski definition) is 0. The summed E-state index contributed by atoms with van der Waals surface area (Å²) < 4.78 is 4.77. The number of nitrogens with zero attached hydrogens (tertiary/aromatic N) is 4. The molecule has 5 aromatic carbocycles. The van der Waals surface area contributed by atoms with Gasteiger partial charge in [0, 0.05) is 45.4 Å². The molecule has 240 valence electrons. The second-order valence-corrected chi connectivity index (χ2v) is 13.9. The molecule has 0 radical (unpaired) electrons. The molecular formula is C46H36N4. The molecule has 9 aromatic rings. The van der Waals surface area contributed by atoms with Gasteiger partial charge in [-0.25, -0.2) is 4.98 Å². The SMILES string of the molecule is CC(C)(C)c1ccnc(-n2c(-c3ccccc3)c(-c3ccccc3)c3ccc(-n4c5ccccc5c5ccc(-c6ccccn6)cc54)cc32)c1. The van der Waals surface area contributed by atoms with Crippen molar-refractivity contribution in [1.82, 2.24) is 19.1 Å². The molecule has 50 heavy (non-hydrogen) atoms. The van der Waals surface area contributed by atoms with Crippen molar-refractivity contribution in [2.75, 3.05) is 0 Å². The van der Waals surface area contributed by atoms with Crippen LogP contribution in [0.2, 0.25) is 0 Å². The van der Waals surface area contributed by atoms with E-state index in [0.29, 0.717) is 0 Å². The Hall–Kier alpha value is -6.26. The van der Waals surface area contributed by atoms with Gasteiger partial charge in [0.25, 0.3) is 0 Å². The van der Waals surface area contributed by atoms with Crippen molar-refractivity contribution >= 4 is 32.7 Å². The summed E-state index contributed by atoms with van der Waals surface area (Å²) in [6.45, 7) is 6.77. The molecule has 0 aliphatic rings. The molecule has 0 aliphatic heterocycles. The molecule has 4 nitrogen and oxygen atoms in total. The summed E-state index contributed by atoms with van der Waals surface area (Å²) in [4.78, 5) is 9.73. The number of aromatic nitrogens is 4. The Morgan fingerprint density at radius 2 is 1.14 bits per heavy atom. The van der Waals surface area contributed by atoms with Gasteiger partial charge in [0.15, 0.2) is 0 Å². The van der Waals surface area contributed by atoms with E-state index in [-0.39, 0.29) is 5.41 Å². The predicted octanol–water partition coefficient (Wildman–Crippen LogP) is 11.8. The first-order chi connectivity index (χ1) is 24.5. The van der Waals surface area contributed by atoms with Gasteiger partial charge in [0.1, 0.15) is 5.82 Å². The second-order valence-electron chi connectivity index (χ2n) is 13.9. The van der Waals surface area contributed by atoms with Crippen LogP contribution in [-0.4, -0.2) is 19.1 Å². The average Bonchev–Trinajstić information content (AvgIpc) is 3.68. The zero-order chi connectivity index (χ0) is 33.8. The predicted molar refractivity (Wildman–Crippen MR) is 208 cm³/mol. The fourth-order valence-electron chi connectivity index (χ4n) is 7.37. The molecule has 0 atom stereocenters.